The Balaban J connectivity index is 1.70. The Bertz CT molecular complexity index is 1000. The van der Waals surface area contributed by atoms with Crippen molar-refractivity contribution < 1.29 is 4.42 Å². The van der Waals surface area contributed by atoms with Crippen LogP contribution in [0.4, 0.5) is 0 Å². The van der Waals surface area contributed by atoms with E-state index < -0.39 is 0 Å². The Kier molecular flexibility index (Phi) is 4.49. The predicted octanol–water partition coefficient (Wildman–Crippen LogP) is 4.44. The maximum absolute atomic E-state index is 11.9. The predicted molar refractivity (Wildman–Crippen MR) is 105 cm³/mol. The first-order valence-corrected chi connectivity index (χ1v) is 9.60. The molecule has 0 unspecified atom stereocenters. The maximum Gasteiger partial charge on any atom is 0.336 e. The van der Waals surface area contributed by atoms with Crippen LogP contribution in [0.5, 0.6) is 0 Å². The number of rotatable bonds is 3. The van der Waals surface area contributed by atoms with Crippen molar-refractivity contribution in [3.63, 3.8) is 0 Å². The summed E-state index contributed by atoms with van der Waals surface area (Å²) in [5, 5.41) is 3.81. The van der Waals surface area contributed by atoms with Crippen LogP contribution in [-0.4, -0.2) is 11.2 Å². The monoisotopic (exact) mass is 352 g/mol. The summed E-state index contributed by atoms with van der Waals surface area (Å²) >= 11 is 1.50. The van der Waals surface area contributed by atoms with E-state index in [-0.39, 0.29) is 5.63 Å². The van der Waals surface area contributed by atoms with Crippen molar-refractivity contribution in [1.29, 1.82) is 0 Å². The lowest BCUT2D eigenvalue weighted by Gasteiger charge is -2.09. The molecule has 25 heavy (non-hydrogen) atoms. The minimum atomic E-state index is -0.329. The molecule has 0 atom stereocenters. The van der Waals surface area contributed by atoms with Gasteiger partial charge >= 0.3 is 5.63 Å². The number of hydrogen-bond acceptors (Lipinski definition) is 4. The van der Waals surface area contributed by atoms with Crippen LogP contribution in [0.15, 0.2) is 56.7 Å². The summed E-state index contributed by atoms with van der Waals surface area (Å²) in [5.41, 5.74) is 7.34. The van der Waals surface area contributed by atoms with Gasteiger partial charge in [-0.2, -0.15) is 0 Å². The van der Waals surface area contributed by atoms with Crippen LogP contribution in [0.1, 0.15) is 31.2 Å². The molecule has 0 bridgehead atoms. The SMILES string of the molecule is NC(=NC1CCCC1)SCc1cc(=O)oc2ccc3ccccc3c12. The maximum atomic E-state index is 11.9. The van der Waals surface area contributed by atoms with Gasteiger partial charge in [-0.05, 0) is 35.2 Å². The zero-order chi connectivity index (χ0) is 17.2. The number of aliphatic imine (C=N–C) groups is 1. The van der Waals surface area contributed by atoms with Gasteiger partial charge in [0.15, 0.2) is 5.17 Å². The molecular weight excluding hydrogens is 332 g/mol. The van der Waals surface area contributed by atoms with Gasteiger partial charge in [-0.25, -0.2) is 4.79 Å². The van der Waals surface area contributed by atoms with Crippen LogP contribution in [-0.2, 0) is 5.75 Å². The smallest absolute Gasteiger partial charge is 0.336 e. The highest BCUT2D eigenvalue weighted by molar-refractivity contribution is 8.13. The van der Waals surface area contributed by atoms with Crippen LogP contribution in [0, 0.1) is 0 Å². The molecule has 128 valence electrons. The first kappa shape index (κ1) is 16.2. The highest BCUT2D eigenvalue weighted by Gasteiger charge is 2.15. The normalized spacial score (nSPS) is 16.1. The van der Waals surface area contributed by atoms with Gasteiger partial charge in [0.25, 0.3) is 0 Å². The molecule has 0 aliphatic heterocycles. The quantitative estimate of drug-likeness (QED) is 0.327. The van der Waals surface area contributed by atoms with Crippen molar-refractivity contribution in [1.82, 2.24) is 0 Å². The summed E-state index contributed by atoms with van der Waals surface area (Å²) in [6.07, 6.45) is 4.73. The van der Waals surface area contributed by atoms with E-state index in [1.54, 1.807) is 6.07 Å². The molecule has 1 fully saturated rings. The van der Waals surface area contributed by atoms with Gasteiger partial charge in [-0.15, -0.1) is 0 Å². The minimum Gasteiger partial charge on any atom is -0.423 e. The number of fused-ring (bicyclic) bond motifs is 3. The second-order valence-electron chi connectivity index (χ2n) is 6.44. The average molecular weight is 352 g/mol. The Morgan fingerprint density at radius 2 is 2.00 bits per heavy atom. The molecule has 3 aromatic rings. The molecule has 2 N–H and O–H groups in total. The second kappa shape index (κ2) is 6.92. The van der Waals surface area contributed by atoms with Crippen molar-refractivity contribution in [3.05, 3.63) is 58.4 Å². The molecule has 1 heterocycles. The van der Waals surface area contributed by atoms with Crippen molar-refractivity contribution in [2.24, 2.45) is 10.7 Å². The first-order chi connectivity index (χ1) is 12.2. The number of nitrogens with zero attached hydrogens (tertiary/aromatic N) is 1. The topological polar surface area (TPSA) is 68.6 Å². The highest BCUT2D eigenvalue weighted by atomic mass is 32.2. The van der Waals surface area contributed by atoms with Gasteiger partial charge in [-0.3, -0.25) is 4.99 Å². The molecule has 1 aliphatic rings. The molecule has 4 nitrogen and oxygen atoms in total. The molecule has 1 saturated carbocycles. The number of hydrogen-bond donors (Lipinski definition) is 1. The second-order valence-corrected chi connectivity index (χ2v) is 7.44. The van der Waals surface area contributed by atoms with Crippen molar-refractivity contribution in [2.45, 2.75) is 37.5 Å². The first-order valence-electron chi connectivity index (χ1n) is 8.61. The molecule has 0 spiro atoms. The lowest BCUT2D eigenvalue weighted by atomic mass is 10.0. The van der Waals surface area contributed by atoms with Crippen LogP contribution in [0.3, 0.4) is 0 Å². The molecule has 1 aromatic heterocycles. The number of thioether (sulfide) groups is 1. The fraction of sp³-hybridized carbons (Fsp3) is 0.300. The molecule has 0 amide bonds. The summed E-state index contributed by atoms with van der Waals surface area (Å²) in [7, 11) is 0. The lowest BCUT2D eigenvalue weighted by Crippen LogP contribution is -2.12. The van der Waals surface area contributed by atoms with E-state index in [0.29, 0.717) is 22.5 Å². The fourth-order valence-electron chi connectivity index (χ4n) is 3.54. The molecule has 4 rings (SSSR count). The molecular formula is C20H20N2O2S. The molecule has 5 heteroatoms. The minimum absolute atomic E-state index is 0.329. The van der Waals surface area contributed by atoms with Crippen LogP contribution in [0.25, 0.3) is 21.7 Å². The molecule has 0 saturated heterocycles. The molecule has 2 aromatic carbocycles. The molecule has 1 aliphatic carbocycles. The van der Waals surface area contributed by atoms with Crippen LogP contribution >= 0.6 is 11.8 Å². The summed E-state index contributed by atoms with van der Waals surface area (Å²) < 4.78 is 5.40. The standard InChI is InChI=1S/C20H20N2O2S/c21-20(22-15-6-2-3-7-15)25-12-14-11-18(23)24-17-10-9-13-5-1-4-8-16(13)19(14)17/h1,4-5,8-11,15H,2-3,6-7,12H2,(H2,21,22). The number of nitrogens with two attached hydrogens (primary N) is 1. The van der Waals surface area contributed by atoms with E-state index >= 15 is 0 Å². The lowest BCUT2D eigenvalue weighted by molar-refractivity contribution is 0.560. The van der Waals surface area contributed by atoms with Gasteiger partial charge in [-0.1, -0.05) is 54.9 Å². The van der Waals surface area contributed by atoms with E-state index in [9.17, 15) is 4.79 Å². The highest BCUT2D eigenvalue weighted by Crippen LogP contribution is 2.29. The van der Waals surface area contributed by atoms with Crippen LogP contribution in [0.2, 0.25) is 0 Å². The third-order valence-electron chi connectivity index (χ3n) is 4.72. The fourth-order valence-corrected chi connectivity index (χ4v) is 4.29. The summed E-state index contributed by atoms with van der Waals surface area (Å²) in [6.45, 7) is 0. The Morgan fingerprint density at radius 1 is 1.20 bits per heavy atom. The van der Waals surface area contributed by atoms with Crippen molar-refractivity contribution >= 4 is 38.7 Å². The van der Waals surface area contributed by atoms with Gasteiger partial charge < -0.3 is 10.2 Å². The molecule has 0 radical (unpaired) electrons. The van der Waals surface area contributed by atoms with E-state index in [4.69, 9.17) is 10.2 Å². The third kappa shape index (κ3) is 3.42. The van der Waals surface area contributed by atoms with Crippen LogP contribution < -0.4 is 11.4 Å². The third-order valence-corrected chi connectivity index (χ3v) is 5.58. The van der Waals surface area contributed by atoms with E-state index in [1.165, 1.54) is 24.6 Å². The summed E-state index contributed by atoms with van der Waals surface area (Å²) in [4.78, 5) is 16.5. The average Bonchev–Trinajstić information content (AvgIpc) is 3.12. The van der Waals surface area contributed by atoms with E-state index in [0.717, 1.165) is 34.6 Å². The zero-order valence-electron chi connectivity index (χ0n) is 13.9. The van der Waals surface area contributed by atoms with Crippen molar-refractivity contribution in [3.8, 4) is 0 Å². The zero-order valence-corrected chi connectivity index (χ0v) is 14.7. The number of benzene rings is 2. The Morgan fingerprint density at radius 3 is 2.84 bits per heavy atom. The Hall–Kier alpha value is -2.27. The van der Waals surface area contributed by atoms with Crippen molar-refractivity contribution in [2.75, 3.05) is 0 Å². The van der Waals surface area contributed by atoms with Gasteiger partial charge in [0.1, 0.15) is 5.58 Å². The van der Waals surface area contributed by atoms with E-state index in [2.05, 4.69) is 17.1 Å². The van der Waals surface area contributed by atoms with Gasteiger partial charge in [0, 0.05) is 17.2 Å². The Labute approximate surface area is 150 Å². The number of amidine groups is 1. The van der Waals surface area contributed by atoms with Gasteiger partial charge in [0.2, 0.25) is 0 Å². The summed E-state index contributed by atoms with van der Waals surface area (Å²) in [6, 6.07) is 13.9. The van der Waals surface area contributed by atoms with E-state index in [1.807, 2.05) is 24.3 Å². The largest absolute Gasteiger partial charge is 0.423 e. The van der Waals surface area contributed by atoms with Gasteiger partial charge in [0.05, 0.1) is 6.04 Å². The summed E-state index contributed by atoms with van der Waals surface area (Å²) in [5.74, 6) is 0.609.